The minimum Gasteiger partial charge on any atom is -0.392 e. The van der Waals surface area contributed by atoms with Crippen molar-refractivity contribution in [1.82, 2.24) is 15.5 Å². The topological polar surface area (TPSA) is 110 Å². The van der Waals surface area contributed by atoms with Crippen molar-refractivity contribution >= 4 is 45.5 Å². The van der Waals surface area contributed by atoms with E-state index in [1.807, 2.05) is 0 Å². The molecule has 1 heterocycles. The zero-order valence-electron chi connectivity index (χ0n) is 10.6. The minimum atomic E-state index is -0.816. The van der Waals surface area contributed by atoms with Crippen molar-refractivity contribution in [2.24, 2.45) is 11.7 Å². The number of nitrogens with one attached hydrogen (secondary N) is 2. The van der Waals surface area contributed by atoms with Gasteiger partial charge in [0.2, 0.25) is 5.13 Å². The Morgan fingerprint density at radius 1 is 1.37 bits per heavy atom. The lowest BCUT2D eigenvalue weighted by Gasteiger charge is -2.02. The third kappa shape index (κ3) is 5.71. The van der Waals surface area contributed by atoms with Crippen LogP contribution in [-0.2, 0) is 16.0 Å². The summed E-state index contributed by atoms with van der Waals surface area (Å²) in [7, 11) is 0. The van der Waals surface area contributed by atoms with E-state index in [4.69, 9.17) is 5.73 Å². The highest BCUT2D eigenvalue weighted by molar-refractivity contribution is 7.80. The van der Waals surface area contributed by atoms with Crippen molar-refractivity contribution in [3.8, 4) is 0 Å². The average Bonchev–Trinajstić information content (AvgIpc) is 2.72. The first-order chi connectivity index (χ1) is 8.88. The Bertz CT molecular complexity index is 486. The Balaban J connectivity index is 2.50. The SMILES string of the molecule is CC(C)Cc1nnc(NC(=O)C(=O)NCC(N)=S)s1. The molecule has 19 heavy (non-hydrogen) atoms. The molecule has 0 fully saturated rings. The summed E-state index contributed by atoms with van der Waals surface area (Å²) in [6, 6.07) is 0. The Labute approximate surface area is 120 Å². The highest BCUT2D eigenvalue weighted by Crippen LogP contribution is 2.17. The van der Waals surface area contributed by atoms with Gasteiger partial charge in [-0.25, -0.2) is 0 Å². The van der Waals surface area contributed by atoms with Crippen molar-refractivity contribution in [2.75, 3.05) is 11.9 Å². The third-order valence-corrected chi connectivity index (χ3v) is 2.90. The molecule has 0 saturated carbocycles. The molecule has 1 aromatic rings. The molecule has 0 aliphatic carbocycles. The van der Waals surface area contributed by atoms with Crippen LogP contribution in [0.3, 0.4) is 0 Å². The van der Waals surface area contributed by atoms with Crippen LogP contribution in [0.15, 0.2) is 0 Å². The van der Waals surface area contributed by atoms with Gasteiger partial charge in [0.1, 0.15) is 5.01 Å². The van der Waals surface area contributed by atoms with Crippen molar-refractivity contribution < 1.29 is 9.59 Å². The molecule has 0 saturated heterocycles. The molecule has 0 aromatic carbocycles. The van der Waals surface area contributed by atoms with Gasteiger partial charge in [0.15, 0.2) is 0 Å². The number of carbonyl (C=O) groups excluding carboxylic acids is 2. The molecule has 7 nitrogen and oxygen atoms in total. The van der Waals surface area contributed by atoms with E-state index < -0.39 is 11.8 Å². The molecule has 0 spiro atoms. The van der Waals surface area contributed by atoms with E-state index in [9.17, 15) is 9.59 Å². The van der Waals surface area contributed by atoms with Gasteiger partial charge in [-0.2, -0.15) is 0 Å². The van der Waals surface area contributed by atoms with Crippen molar-refractivity contribution in [1.29, 1.82) is 0 Å². The molecule has 4 N–H and O–H groups in total. The van der Waals surface area contributed by atoms with Gasteiger partial charge in [0.25, 0.3) is 0 Å². The molecule has 0 radical (unpaired) electrons. The molecule has 9 heteroatoms. The molecular weight excluding hydrogens is 286 g/mol. The number of nitrogens with zero attached hydrogens (tertiary/aromatic N) is 2. The number of aromatic nitrogens is 2. The summed E-state index contributed by atoms with van der Waals surface area (Å²) < 4.78 is 0. The number of hydrogen-bond acceptors (Lipinski definition) is 6. The number of hydrogen-bond donors (Lipinski definition) is 3. The second-order valence-electron chi connectivity index (χ2n) is 4.20. The van der Waals surface area contributed by atoms with Gasteiger partial charge < -0.3 is 11.1 Å². The minimum absolute atomic E-state index is 0.0176. The zero-order valence-corrected chi connectivity index (χ0v) is 12.2. The van der Waals surface area contributed by atoms with Crippen LogP contribution < -0.4 is 16.4 Å². The summed E-state index contributed by atoms with van der Waals surface area (Å²) in [5.41, 5.74) is 5.21. The molecule has 0 bridgehead atoms. The van der Waals surface area contributed by atoms with E-state index >= 15 is 0 Å². The van der Waals surface area contributed by atoms with E-state index in [1.54, 1.807) is 0 Å². The molecular formula is C10H15N5O2S2. The molecule has 0 atom stereocenters. The van der Waals surface area contributed by atoms with Crippen LogP contribution >= 0.6 is 23.6 Å². The molecule has 0 aliphatic rings. The maximum atomic E-state index is 11.5. The molecule has 1 rings (SSSR count). The second-order valence-corrected chi connectivity index (χ2v) is 5.79. The fraction of sp³-hybridized carbons (Fsp3) is 0.500. The standard InChI is InChI=1S/C10H15N5O2S2/c1-5(2)3-7-14-15-10(19-7)13-9(17)8(16)12-4-6(11)18/h5H,3-4H2,1-2H3,(H2,11,18)(H,12,16)(H,13,15,17). The van der Waals surface area contributed by atoms with Crippen molar-refractivity contribution in [3.63, 3.8) is 0 Å². The summed E-state index contributed by atoms with van der Waals surface area (Å²) in [5, 5.41) is 13.5. The van der Waals surface area contributed by atoms with Gasteiger partial charge in [-0.3, -0.25) is 14.9 Å². The van der Waals surface area contributed by atoms with E-state index in [0.717, 1.165) is 11.4 Å². The van der Waals surface area contributed by atoms with Crippen molar-refractivity contribution in [2.45, 2.75) is 20.3 Å². The lowest BCUT2D eigenvalue weighted by atomic mass is 10.1. The highest BCUT2D eigenvalue weighted by atomic mass is 32.1. The first-order valence-corrected chi connectivity index (χ1v) is 6.80. The Hall–Kier alpha value is -1.61. The van der Waals surface area contributed by atoms with Gasteiger partial charge in [-0.05, 0) is 5.92 Å². The Morgan fingerprint density at radius 3 is 2.63 bits per heavy atom. The monoisotopic (exact) mass is 301 g/mol. The number of nitrogens with two attached hydrogens (primary N) is 1. The molecule has 2 amide bonds. The normalized spacial score (nSPS) is 10.3. The quantitative estimate of drug-likeness (QED) is 0.525. The number of thiocarbonyl (C=S) groups is 1. The Morgan fingerprint density at radius 2 is 2.05 bits per heavy atom. The smallest absolute Gasteiger partial charge is 0.315 e. The largest absolute Gasteiger partial charge is 0.392 e. The lowest BCUT2D eigenvalue weighted by molar-refractivity contribution is -0.135. The summed E-state index contributed by atoms with van der Waals surface area (Å²) in [4.78, 5) is 23.0. The first-order valence-electron chi connectivity index (χ1n) is 5.58. The van der Waals surface area contributed by atoms with Crippen molar-refractivity contribution in [3.05, 3.63) is 5.01 Å². The third-order valence-electron chi connectivity index (χ3n) is 1.90. The summed E-state index contributed by atoms with van der Waals surface area (Å²) in [6.07, 6.45) is 0.779. The maximum absolute atomic E-state index is 11.5. The summed E-state index contributed by atoms with van der Waals surface area (Å²) >= 11 is 5.83. The number of carbonyl (C=O) groups is 2. The van der Waals surface area contributed by atoms with Crippen LogP contribution in [0.5, 0.6) is 0 Å². The van der Waals surface area contributed by atoms with Gasteiger partial charge in [-0.1, -0.05) is 37.4 Å². The van der Waals surface area contributed by atoms with Gasteiger partial charge >= 0.3 is 11.8 Å². The average molecular weight is 301 g/mol. The number of anilines is 1. The van der Waals surface area contributed by atoms with Gasteiger partial charge in [0, 0.05) is 6.42 Å². The van der Waals surface area contributed by atoms with Crippen LogP contribution in [0.25, 0.3) is 0 Å². The Kier molecular flexibility index (Phi) is 5.77. The highest BCUT2D eigenvalue weighted by Gasteiger charge is 2.16. The zero-order chi connectivity index (χ0) is 14.4. The fourth-order valence-electron chi connectivity index (χ4n) is 1.14. The second kappa shape index (κ2) is 7.10. The van der Waals surface area contributed by atoms with Crippen LogP contribution in [-0.4, -0.2) is 33.5 Å². The van der Waals surface area contributed by atoms with Gasteiger partial charge in [0.05, 0.1) is 11.5 Å². The summed E-state index contributed by atoms with van der Waals surface area (Å²) in [6.45, 7) is 4.10. The van der Waals surface area contributed by atoms with Gasteiger partial charge in [-0.15, -0.1) is 10.2 Å². The fourth-order valence-corrected chi connectivity index (χ4v) is 2.16. The number of rotatable bonds is 5. The molecule has 0 aliphatic heterocycles. The maximum Gasteiger partial charge on any atom is 0.315 e. The lowest BCUT2D eigenvalue weighted by Crippen LogP contribution is -2.39. The van der Waals surface area contributed by atoms with Crippen LogP contribution in [0.2, 0.25) is 0 Å². The summed E-state index contributed by atoms with van der Waals surface area (Å²) in [5.74, 6) is -1.18. The first kappa shape index (κ1) is 15.4. The van der Waals surface area contributed by atoms with E-state index in [2.05, 4.69) is 46.9 Å². The molecule has 104 valence electrons. The predicted octanol–water partition coefficient (Wildman–Crippen LogP) is 0.0774. The molecule has 1 aromatic heterocycles. The van der Waals surface area contributed by atoms with Crippen LogP contribution in [0, 0.1) is 5.92 Å². The van der Waals surface area contributed by atoms with E-state index in [0.29, 0.717) is 11.0 Å². The van der Waals surface area contributed by atoms with E-state index in [1.165, 1.54) is 11.3 Å². The van der Waals surface area contributed by atoms with Crippen LogP contribution in [0.4, 0.5) is 5.13 Å². The van der Waals surface area contributed by atoms with Crippen LogP contribution in [0.1, 0.15) is 18.9 Å². The van der Waals surface area contributed by atoms with E-state index in [-0.39, 0.29) is 11.5 Å². The number of amides is 2. The predicted molar refractivity (Wildman–Crippen MR) is 76.9 cm³/mol. The molecule has 0 unspecified atom stereocenters.